The van der Waals surface area contributed by atoms with Crippen molar-refractivity contribution in [2.24, 2.45) is 5.73 Å². The van der Waals surface area contributed by atoms with Gasteiger partial charge in [0.05, 0.1) is 5.56 Å². The lowest BCUT2D eigenvalue weighted by Crippen LogP contribution is -2.43. The average Bonchev–Trinajstić information content (AvgIpc) is 2.17. The van der Waals surface area contributed by atoms with Gasteiger partial charge in [-0.05, 0) is 37.0 Å². The van der Waals surface area contributed by atoms with E-state index in [1.807, 2.05) is 0 Å². The van der Waals surface area contributed by atoms with E-state index in [9.17, 15) is 13.2 Å². The number of hydrogen-bond donors (Lipinski definition) is 1. The zero-order valence-electron chi connectivity index (χ0n) is 9.77. The van der Waals surface area contributed by atoms with Crippen LogP contribution in [0.5, 0.6) is 0 Å². The lowest BCUT2D eigenvalue weighted by Gasteiger charge is -2.43. The van der Waals surface area contributed by atoms with Gasteiger partial charge in [-0.1, -0.05) is 18.6 Å². The Bertz CT molecular complexity index is 414. The molecule has 1 aromatic carbocycles. The Morgan fingerprint density at radius 2 is 1.94 bits per heavy atom. The Hall–Kier alpha value is -1.03. The van der Waals surface area contributed by atoms with Crippen LogP contribution in [0, 0.1) is 6.92 Å². The van der Waals surface area contributed by atoms with E-state index >= 15 is 0 Å². The fourth-order valence-corrected chi connectivity index (χ4v) is 2.77. The first-order valence-electron chi connectivity index (χ1n) is 5.78. The first kappa shape index (κ1) is 12.4. The summed E-state index contributed by atoms with van der Waals surface area (Å²) in [5, 5.41) is 0. The summed E-state index contributed by atoms with van der Waals surface area (Å²) in [6.45, 7) is 2.03. The van der Waals surface area contributed by atoms with Gasteiger partial charge >= 0.3 is 6.18 Å². The molecule has 1 nitrogen and oxygen atoms in total. The number of halogens is 3. The molecule has 94 valence electrons. The first-order valence-corrected chi connectivity index (χ1v) is 5.78. The maximum atomic E-state index is 13.0. The zero-order valence-corrected chi connectivity index (χ0v) is 9.77. The molecule has 1 aromatic rings. The number of aryl methyl sites for hydroxylation is 1. The lowest BCUT2D eigenvalue weighted by molar-refractivity contribution is -0.139. The van der Waals surface area contributed by atoms with Crippen LogP contribution in [-0.2, 0) is 11.6 Å². The molecule has 2 N–H and O–H groups in total. The number of hydrogen-bond acceptors (Lipinski definition) is 1. The topological polar surface area (TPSA) is 26.0 Å². The predicted octanol–water partition coefficient (Wildman–Crippen LogP) is 3.39. The molecule has 0 spiro atoms. The molecule has 0 amide bonds. The molecule has 0 atom stereocenters. The van der Waals surface area contributed by atoms with Crippen LogP contribution in [0.4, 0.5) is 13.2 Å². The Kier molecular flexibility index (Phi) is 2.94. The maximum Gasteiger partial charge on any atom is 0.416 e. The Morgan fingerprint density at radius 3 is 2.35 bits per heavy atom. The van der Waals surface area contributed by atoms with Crippen molar-refractivity contribution in [3.8, 4) is 0 Å². The molecule has 4 heteroatoms. The van der Waals surface area contributed by atoms with E-state index in [-0.39, 0.29) is 0 Å². The summed E-state index contributed by atoms with van der Waals surface area (Å²) < 4.78 is 39.0. The van der Waals surface area contributed by atoms with Crippen LogP contribution in [0.25, 0.3) is 0 Å². The minimum absolute atomic E-state index is 0.293. The summed E-state index contributed by atoms with van der Waals surface area (Å²) >= 11 is 0. The summed E-state index contributed by atoms with van der Waals surface area (Å²) in [7, 11) is 0. The molecule has 1 saturated carbocycles. The molecule has 0 radical (unpaired) electrons. The molecule has 0 bridgehead atoms. The summed E-state index contributed by atoms with van der Waals surface area (Å²) in [4.78, 5) is 0. The summed E-state index contributed by atoms with van der Waals surface area (Å²) in [6.07, 6.45) is -1.81. The van der Waals surface area contributed by atoms with E-state index in [2.05, 4.69) is 0 Å². The molecule has 0 aliphatic heterocycles. The molecule has 0 unspecified atom stereocenters. The molecule has 0 heterocycles. The van der Waals surface area contributed by atoms with Crippen LogP contribution in [0.3, 0.4) is 0 Å². The Balaban J connectivity index is 2.59. The largest absolute Gasteiger partial charge is 0.416 e. The predicted molar refractivity (Wildman–Crippen MR) is 60.8 cm³/mol. The van der Waals surface area contributed by atoms with Crippen molar-refractivity contribution in [2.75, 3.05) is 6.54 Å². The number of nitrogens with two attached hydrogens (primary N) is 1. The fraction of sp³-hybridized carbons (Fsp3) is 0.538. The molecule has 0 saturated heterocycles. The van der Waals surface area contributed by atoms with Gasteiger partial charge in [-0.25, -0.2) is 0 Å². The van der Waals surface area contributed by atoms with Crippen molar-refractivity contribution >= 4 is 0 Å². The van der Waals surface area contributed by atoms with Crippen LogP contribution in [0.1, 0.15) is 36.0 Å². The second-order valence-corrected chi connectivity index (χ2v) is 4.83. The molecular formula is C13H16F3N. The van der Waals surface area contributed by atoms with Gasteiger partial charge in [0.25, 0.3) is 0 Å². The highest BCUT2D eigenvalue weighted by molar-refractivity contribution is 5.44. The summed E-state index contributed by atoms with van der Waals surface area (Å²) in [5.74, 6) is 0. The van der Waals surface area contributed by atoms with E-state index in [0.29, 0.717) is 17.7 Å². The smallest absolute Gasteiger partial charge is 0.330 e. The number of rotatable bonds is 2. The van der Waals surface area contributed by atoms with Crippen LogP contribution >= 0.6 is 0 Å². The average molecular weight is 243 g/mol. The maximum absolute atomic E-state index is 13.0. The van der Waals surface area contributed by atoms with Gasteiger partial charge in [0.1, 0.15) is 0 Å². The third-order valence-corrected chi connectivity index (χ3v) is 3.81. The zero-order chi connectivity index (χ0) is 12.7. The Labute approximate surface area is 98.8 Å². The van der Waals surface area contributed by atoms with Crippen LogP contribution in [0.15, 0.2) is 18.2 Å². The van der Waals surface area contributed by atoms with Gasteiger partial charge in [0.2, 0.25) is 0 Å². The quantitative estimate of drug-likeness (QED) is 0.846. The second kappa shape index (κ2) is 4.02. The van der Waals surface area contributed by atoms with Crippen molar-refractivity contribution in [2.45, 2.75) is 37.8 Å². The fourth-order valence-electron chi connectivity index (χ4n) is 2.77. The summed E-state index contributed by atoms with van der Waals surface area (Å²) in [5.41, 5.74) is 5.87. The molecule has 2 rings (SSSR count). The van der Waals surface area contributed by atoms with Gasteiger partial charge in [0, 0.05) is 12.0 Å². The highest BCUT2D eigenvalue weighted by atomic mass is 19.4. The molecule has 0 aromatic heterocycles. The lowest BCUT2D eigenvalue weighted by atomic mass is 9.62. The SMILES string of the molecule is Cc1cccc(C(F)(F)F)c1C1(CN)CCC1. The highest BCUT2D eigenvalue weighted by Crippen LogP contribution is 2.48. The van der Waals surface area contributed by atoms with Gasteiger partial charge < -0.3 is 5.73 Å². The van der Waals surface area contributed by atoms with E-state index in [1.54, 1.807) is 13.0 Å². The van der Waals surface area contributed by atoms with E-state index in [1.165, 1.54) is 6.07 Å². The minimum Gasteiger partial charge on any atom is -0.330 e. The molecule has 1 aliphatic rings. The van der Waals surface area contributed by atoms with Gasteiger partial charge in [0.15, 0.2) is 0 Å². The monoisotopic (exact) mass is 243 g/mol. The molecule has 17 heavy (non-hydrogen) atoms. The second-order valence-electron chi connectivity index (χ2n) is 4.83. The Morgan fingerprint density at radius 1 is 1.29 bits per heavy atom. The van der Waals surface area contributed by atoms with Crippen LogP contribution < -0.4 is 5.73 Å². The normalized spacial score (nSPS) is 18.9. The van der Waals surface area contributed by atoms with Gasteiger partial charge in [-0.2, -0.15) is 13.2 Å². The third-order valence-electron chi connectivity index (χ3n) is 3.81. The summed E-state index contributed by atoms with van der Waals surface area (Å²) in [6, 6.07) is 4.36. The van der Waals surface area contributed by atoms with E-state index < -0.39 is 17.2 Å². The van der Waals surface area contributed by atoms with Crippen molar-refractivity contribution < 1.29 is 13.2 Å². The van der Waals surface area contributed by atoms with Gasteiger partial charge in [-0.15, -0.1) is 0 Å². The van der Waals surface area contributed by atoms with E-state index in [4.69, 9.17) is 5.73 Å². The molecular weight excluding hydrogens is 227 g/mol. The van der Waals surface area contributed by atoms with Crippen molar-refractivity contribution in [1.82, 2.24) is 0 Å². The van der Waals surface area contributed by atoms with Crippen LogP contribution in [-0.4, -0.2) is 6.54 Å². The first-order chi connectivity index (χ1) is 7.91. The van der Waals surface area contributed by atoms with Gasteiger partial charge in [-0.3, -0.25) is 0 Å². The van der Waals surface area contributed by atoms with Crippen LogP contribution in [0.2, 0.25) is 0 Å². The van der Waals surface area contributed by atoms with E-state index in [0.717, 1.165) is 25.3 Å². The van der Waals surface area contributed by atoms with Crippen molar-refractivity contribution in [3.05, 3.63) is 34.9 Å². The number of alkyl halides is 3. The molecule has 1 fully saturated rings. The van der Waals surface area contributed by atoms with Crippen molar-refractivity contribution in [1.29, 1.82) is 0 Å². The minimum atomic E-state index is -4.29. The standard InChI is InChI=1S/C13H16F3N/c1-9-4-2-5-10(13(14,15)16)11(9)12(8-17)6-3-7-12/h2,4-5H,3,6-8,17H2,1H3. The third kappa shape index (κ3) is 1.95. The van der Waals surface area contributed by atoms with Crippen molar-refractivity contribution in [3.63, 3.8) is 0 Å². The number of benzene rings is 1. The molecule has 1 aliphatic carbocycles. The highest BCUT2D eigenvalue weighted by Gasteiger charge is 2.45.